The summed E-state index contributed by atoms with van der Waals surface area (Å²) in [6.07, 6.45) is 0.499. The highest BCUT2D eigenvalue weighted by Gasteiger charge is 2.25. The van der Waals surface area contributed by atoms with Gasteiger partial charge in [0.1, 0.15) is 0 Å². The Morgan fingerprint density at radius 2 is 1.83 bits per heavy atom. The third kappa shape index (κ3) is 5.65. The number of hydrogen-bond donors (Lipinski definition) is 3. The second-order valence-corrected chi connectivity index (χ2v) is 6.13. The largest absolute Gasteiger partial charge is 0.446 e. The van der Waals surface area contributed by atoms with Crippen molar-refractivity contribution in [2.75, 3.05) is 0 Å². The summed E-state index contributed by atoms with van der Waals surface area (Å²) in [7, 11) is -3.90. The van der Waals surface area contributed by atoms with Gasteiger partial charge in [0.15, 0.2) is 0 Å². The first-order valence-corrected chi connectivity index (χ1v) is 7.45. The summed E-state index contributed by atoms with van der Waals surface area (Å²) in [5, 5.41) is 9.30. The van der Waals surface area contributed by atoms with Crippen molar-refractivity contribution in [3.8, 4) is 0 Å². The Kier molecular flexibility index (Phi) is 5.36. The van der Waals surface area contributed by atoms with Gasteiger partial charge in [-0.05, 0) is 39.5 Å². The Bertz CT molecular complexity index is 374. The fourth-order valence-electron chi connectivity index (χ4n) is 1.79. The maximum atomic E-state index is 11.6. The van der Waals surface area contributed by atoms with Crippen molar-refractivity contribution in [2.24, 2.45) is 0 Å². The zero-order valence-corrected chi connectivity index (χ0v) is 11.4. The summed E-state index contributed by atoms with van der Waals surface area (Å²) in [5.74, 6) is 0. The molecular weight excluding hydrogens is 260 g/mol. The lowest BCUT2D eigenvalue weighted by Crippen LogP contribution is -2.47. The van der Waals surface area contributed by atoms with E-state index in [1.54, 1.807) is 18.6 Å². The van der Waals surface area contributed by atoms with Gasteiger partial charge in [0.05, 0.1) is 12.2 Å². The molecule has 0 bridgehead atoms. The number of nitrogens with one attached hydrogen (secondary N) is 2. The van der Waals surface area contributed by atoms with Crippen molar-refractivity contribution in [3.63, 3.8) is 0 Å². The lowest BCUT2D eigenvalue weighted by atomic mass is 9.94. The van der Waals surface area contributed by atoms with E-state index in [-0.39, 0.29) is 18.2 Å². The van der Waals surface area contributed by atoms with Crippen molar-refractivity contribution in [2.45, 2.75) is 57.8 Å². The van der Waals surface area contributed by atoms with Crippen LogP contribution < -0.4 is 9.44 Å². The van der Waals surface area contributed by atoms with Crippen molar-refractivity contribution in [1.29, 1.82) is 0 Å². The van der Waals surface area contributed by atoms with Gasteiger partial charge < -0.3 is 9.84 Å². The van der Waals surface area contributed by atoms with Crippen LogP contribution in [-0.4, -0.2) is 37.9 Å². The van der Waals surface area contributed by atoms with Crippen LogP contribution in [0.4, 0.5) is 4.79 Å². The average molecular weight is 280 g/mol. The van der Waals surface area contributed by atoms with Crippen molar-refractivity contribution in [1.82, 2.24) is 9.44 Å². The third-order valence-corrected chi connectivity index (χ3v) is 3.66. The van der Waals surface area contributed by atoms with Gasteiger partial charge in [0, 0.05) is 6.04 Å². The minimum absolute atomic E-state index is 0.252. The van der Waals surface area contributed by atoms with Gasteiger partial charge in [0.2, 0.25) is 0 Å². The predicted molar refractivity (Wildman–Crippen MR) is 65.1 cm³/mol. The second-order valence-electron chi connectivity index (χ2n) is 4.68. The zero-order chi connectivity index (χ0) is 13.8. The first-order valence-electron chi connectivity index (χ1n) is 5.97. The van der Waals surface area contributed by atoms with Gasteiger partial charge >= 0.3 is 16.3 Å². The van der Waals surface area contributed by atoms with Gasteiger partial charge in [-0.15, -0.1) is 0 Å². The molecule has 0 aromatic heterocycles. The van der Waals surface area contributed by atoms with Crippen LogP contribution in [0.3, 0.4) is 0 Å². The van der Waals surface area contributed by atoms with E-state index >= 15 is 0 Å². The number of rotatable bonds is 4. The molecule has 18 heavy (non-hydrogen) atoms. The smallest absolute Gasteiger partial charge is 0.422 e. The number of hydrogen-bond acceptors (Lipinski definition) is 5. The molecule has 1 fully saturated rings. The van der Waals surface area contributed by atoms with Crippen LogP contribution in [-0.2, 0) is 14.9 Å². The monoisotopic (exact) mass is 280 g/mol. The van der Waals surface area contributed by atoms with Crippen LogP contribution >= 0.6 is 0 Å². The van der Waals surface area contributed by atoms with E-state index < -0.39 is 16.3 Å². The van der Waals surface area contributed by atoms with E-state index in [1.807, 2.05) is 0 Å². The van der Waals surface area contributed by atoms with Gasteiger partial charge in [-0.1, -0.05) is 0 Å². The van der Waals surface area contributed by atoms with Gasteiger partial charge in [0.25, 0.3) is 0 Å². The Morgan fingerprint density at radius 1 is 1.28 bits per heavy atom. The highest BCUT2D eigenvalue weighted by Crippen LogP contribution is 2.18. The van der Waals surface area contributed by atoms with E-state index in [9.17, 15) is 18.3 Å². The number of aliphatic hydroxyl groups excluding tert-OH is 1. The van der Waals surface area contributed by atoms with Gasteiger partial charge in [-0.3, -0.25) is 0 Å². The summed E-state index contributed by atoms with van der Waals surface area (Å²) in [6.45, 7) is 3.25. The maximum absolute atomic E-state index is 11.6. The zero-order valence-electron chi connectivity index (χ0n) is 10.5. The van der Waals surface area contributed by atoms with Crippen LogP contribution in [0, 0.1) is 0 Å². The predicted octanol–water partition coefficient (Wildman–Crippen LogP) is 0.259. The molecule has 0 unspecified atom stereocenters. The minimum Gasteiger partial charge on any atom is -0.446 e. The summed E-state index contributed by atoms with van der Waals surface area (Å²) < 4.78 is 32.0. The quantitative estimate of drug-likeness (QED) is 0.685. The van der Waals surface area contributed by atoms with E-state index in [2.05, 4.69) is 9.46 Å². The first-order chi connectivity index (χ1) is 8.28. The van der Waals surface area contributed by atoms with Crippen LogP contribution in [0.2, 0.25) is 0 Å². The first kappa shape index (κ1) is 15.2. The number of carbonyl (C=O) groups excluding carboxylic acids is 1. The molecule has 0 aliphatic heterocycles. The van der Waals surface area contributed by atoms with E-state index in [4.69, 9.17) is 0 Å². The van der Waals surface area contributed by atoms with E-state index in [0.29, 0.717) is 25.7 Å². The lowest BCUT2D eigenvalue weighted by Gasteiger charge is -2.25. The minimum atomic E-state index is -3.90. The Hall–Kier alpha value is -0.860. The number of amides is 1. The number of aliphatic hydroxyl groups is 1. The van der Waals surface area contributed by atoms with E-state index in [1.165, 1.54) is 0 Å². The normalized spacial score (nSPS) is 24.9. The fraction of sp³-hybridized carbons (Fsp3) is 0.900. The van der Waals surface area contributed by atoms with Crippen LogP contribution in [0.15, 0.2) is 0 Å². The fourth-order valence-corrected chi connectivity index (χ4v) is 2.79. The Balaban J connectivity index is 2.42. The molecule has 3 N–H and O–H groups in total. The molecule has 0 radical (unpaired) electrons. The second kappa shape index (κ2) is 6.35. The molecule has 1 amide bonds. The SMILES string of the molecule is CC(C)OC(=O)NS(=O)(=O)NC1CCC(O)CC1. The molecule has 0 heterocycles. The summed E-state index contributed by atoms with van der Waals surface area (Å²) in [4.78, 5) is 11.2. The summed E-state index contributed by atoms with van der Waals surface area (Å²) in [6, 6.07) is -0.252. The average Bonchev–Trinajstić information content (AvgIpc) is 2.18. The standard InChI is InChI=1S/C10H20N2O5S/c1-7(2)17-10(14)12-18(15,16)11-8-3-5-9(13)6-4-8/h7-9,11,13H,3-6H2,1-2H3,(H,12,14). The van der Waals surface area contributed by atoms with Crippen LogP contribution in [0.5, 0.6) is 0 Å². The molecule has 1 rings (SSSR count). The summed E-state index contributed by atoms with van der Waals surface area (Å²) >= 11 is 0. The molecule has 0 spiro atoms. The molecule has 1 aliphatic carbocycles. The molecule has 1 saturated carbocycles. The topological polar surface area (TPSA) is 105 Å². The lowest BCUT2D eigenvalue weighted by molar-refractivity contribution is 0.118. The highest BCUT2D eigenvalue weighted by atomic mass is 32.2. The Morgan fingerprint density at radius 3 is 2.33 bits per heavy atom. The number of ether oxygens (including phenoxy) is 1. The molecule has 106 valence electrons. The van der Waals surface area contributed by atoms with Crippen molar-refractivity contribution >= 4 is 16.3 Å². The number of carbonyl (C=O) groups is 1. The van der Waals surface area contributed by atoms with Crippen LogP contribution in [0.25, 0.3) is 0 Å². The molecule has 0 aromatic carbocycles. The molecule has 8 heteroatoms. The molecule has 7 nitrogen and oxygen atoms in total. The maximum Gasteiger partial charge on any atom is 0.422 e. The summed E-state index contributed by atoms with van der Waals surface area (Å²) in [5.41, 5.74) is 0. The highest BCUT2D eigenvalue weighted by molar-refractivity contribution is 7.88. The van der Waals surface area contributed by atoms with Crippen molar-refractivity contribution in [3.05, 3.63) is 0 Å². The molecule has 0 atom stereocenters. The molecule has 0 saturated heterocycles. The molecular formula is C10H20N2O5S. The molecule has 0 aromatic rings. The molecule has 1 aliphatic rings. The van der Waals surface area contributed by atoms with Gasteiger partial charge in [-0.25, -0.2) is 9.52 Å². The van der Waals surface area contributed by atoms with Crippen LogP contribution in [0.1, 0.15) is 39.5 Å². The Labute approximate surface area is 107 Å². The van der Waals surface area contributed by atoms with Crippen molar-refractivity contribution < 1.29 is 23.1 Å². The third-order valence-electron chi connectivity index (χ3n) is 2.58. The van der Waals surface area contributed by atoms with Gasteiger partial charge in [-0.2, -0.15) is 13.1 Å². The van der Waals surface area contributed by atoms with E-state index in [0.717, 1.165) is 0 Å².